The van der Waals surface area contributed by atoms with Crippen LogP contribution in [0, 0.1) is 12.3 Å². The molecule has 1 aliphatic rings. The number of aryl methyl sites for hydroxylation is 1. The van der Waals surface area contributed by atoms with Crippen LogP contribution in [-0.4, -0.2) is 29.3 Å². The van der Waals surface area contributed by atoms with Gasteiger partial charge in [0, 0.05) is 23.6 Å². The number of benzene rings is 1. The van der Waals surface area contributed by atoms with Crippen molar-refractivity contribution in [3.63, 3.8) is 0 Å². The van der Waals surface area contributed by atoms with Crippen molar-refractivity contribution in [3.8, 4) is 0 Å². The van der Waals surface area contributed by atoms with Gasteiger partial charge in [-0.15, -0.1) is 11.8 Å². The highest BCUT2D eigenvalue weighted by Gasteiger charge is 2.50. The molecule has 1 aromatic rings. The number of thioether (sulfide) groups is 1. The topological polar surface area (TPSA) is 66.4 Å². The van der Waals surface area contributed by atoms with E-state index in [1.54, 1.807) is 11.8 Å². The number of aliphatic carboxylic acids is 1. The fourth-order valence-corrected chi connectivity index (χ4v) is 2.72. The highest BCUT2D eigenvalue weighted by molar-refractivity contribution is 7.99. The third kappa shape index (κ3) is 4.00. The number of carbonyl (C=O) groups excluding carboxylic acids is 1. The molecule has 0 heterocycles. The van der Waals surface area contributed by atoms with Crippen molar-refractivity contribution in [1.82, 2.24) is 5.32 Å². The predicted molar refractivity (Wildman–Crippen MR) is 78.8 cm³/mol. The number of hydrogen-bond acceptors (Lipinski definition) is 3. The molecule has 1 aliphatic carbocycles. The summed E-state index contributed by atoms with van der Waals surface area (Å²) in [6.45, 7) is 2.30. The van der Waals surface area contributed by atoms with Gasteiger partial charge in [-0.05, 0) is 31.9 Å². The molecule has 0 aromatic heterocycles. The molecule has 0 unspecified atom stereocenters. The Morgan fingerprint density at radius 2 is 1.95 bits per heavy atom. The number of hydrogen-bond donors (Lipinski definition) is 2. The van der Waals surface area contributed by atoms with E-state index >= 15 is 0 Å². The molecule has 1 amide bonds. The van der Waals surface area contributed by atoms with Crippen LogP contribution in [0.5, 0.6) is 0 Å². The lowest BCUT2D eigenvalue weighted by molar-refractivity contribution is -0.143. The molecule has 5 heteroatoms. The molecule has 0 spiro atoms. The first-order valence-corrected chi connectivity index (χ1v) is 7.70. The lowest BCUT2D eigenvalue weighted by atomic mass is 10.1. The second-order valence-electron chi connectivity index (χ2n) is 5.27. The smallest absolute Gasteiger partial charge is 0.311 e. The van der Waals surface area contributed by atoms with E-state index in [-0.39, 0.29) is 12.5 Å². The van der Waals surface area contributed by atoms with Gasteiger partial charge in [0.25, 0.3) is 0 Å². The molecule has 0 bridgehead atoms. The summed E-state index contributed by atoms with van der Waals surface area (Å²) < 4.78 is 0. The van der Waals surface area contributed by atoms with Gasteiger partial charge in [-0.25, -0.2) is 0 Å². The van der Waals surface area contributed by atoms with E-state index in [0.717, 1.165) is 4.90 Å². The number of nitrogens with one attached hydrogen (secondary N) is 1. The van der Waals surface area contributed by atoms with E-state index in [0.29, 0.717) is 25.0 Å². The number of carboxylic acids is 1. The highest BCUT2D eigenvalue weighted by atomic mass is 32.2. The standard InChI is InChI=1S/C15H19NO3S/c1-11-2-4-12(5-3-11)20-9-6-13(17)16-10-15(7-8-15)14(18)19/h2-5H,6-10H2,1H3,(H,16,17)(H,18,19). The first-order chi connectivity index (χ1) is 9.52. The fourth-order valence-electron chi connectivity index (χ4n) is 1.87. The molecule has 0 atom stereocenters. The third-order valence-corrected chi connectivity index (χ3v) is 4.56. The molecular weight excluding hydrogens is 274 g/mol. The van der Waals surface area contributed by atoms with Gasteiger partial charge in [0.2, 0.25) is 5.91 Å². The van der Waals surface area contributed by atoms with E-state index < -0.39 is 11.4 Å². The number of carboxylic acid groups (broad SMARTS) is 1. The minimum absolute atomic E-state index is 0.0721. The van der Waals surface area contributed by atoms with E-state index in [9.17, 15) is 9.59 Å². The maximum absolute atomic E-state index is 11.7. The van der Waals surface area contributed by atoms with Crippen LogP contribution in [-0.2, 0) is 9.59 Å². The first-order valence-electron chi connectivity index (χ1n) is 6.71. The van der Waals surface area contributed by atoms with Crippen molar-refractivity contribution >= 4 is 23.6 Å². The summed E-state index contributed by atoms with van der Waals surface area (Å²) in [6.07, 6.45) is 1.75. The molecule has 0 aliphatic heterocycles. The van der Waals surface area contributed by atoms with Gasteiger partial charge in [-0.2, -0.15) is 0 Å². The average Bonchev–Trinajstić information content (AvgIpc) is 3.20. The van der Waals surface area contributed by atoms with E-state index in [1.165, 1.54) is 5.56 Å². The van der Waals surface area contributed by atoms with Gasteiger partial charge < -0.3 is 10.4 Å². The SMILES string of the molecule is Cc1ccc(SCCC(=O)NCC2(C(=O)O)CC2)cc1. The number of rotatable bonds is 7. The van der Waals surface area contributed by atoms with Crippen molar-refractivity contribution in [2.45, 2.75) is 31.1 Å². The van der Waals surface area contributed by atoms with Gasteiger partial charge in [0.15, 0.2) is 0 Å². The molecule has 0 radical (unpaired) electrons. The Morgan fingerprint density at radius 1 is 1.30 bits per heavy atom. The predicted octanol–water partition coefficient (Wildman–Crippen LogP) is 2.46. The van der Waals surface area contributed by atoms with Gasteiger partial charge in [-0.3, -0.25) is 9.59 Å². The first kappa shape index (κ1) is 14.9. The summed E-state index contributed by atoms with van der Waals surface area (Å²) in [6, 6.07) is 8.18. The summed E-state index contributed by atoms with van der Waals surface area (Å²) in [7, 11) is 0. The zero-order chi connectivity index (χ0) is 14.6. The Kier molecular flexibility index (Phi) is 4.70. The van der Waals surface area contributed by atoms with Crippen LogP contribution < -0.4 is 5.32 Å². The average molecular weight is 293 g/mol. The number of amides is 1. The van der Waals surface area contributed by atoms with Gasteiger partial charge in [0.1, 0.15) is 0 Å². The molecule has 20 heavy (non-hydrogen) atoms. The van der Waals surface area contributed by atoms with Crippen LogP contribution in [0.1, 0.15) is 24.8 Å². The molecule has 4 nitrogen and oxygen atoms in total. The Morgan fingerprint density at radius 3 is 2.50 bits per heavy atom. The summed E-state index contributed by atoms with van der Waals surface area (Å²) in [5.74, 6) is -0.168. The van der Waals surface area contributed by atoms with Crippen LogP contribution in [0.2, 0.25) is 0 Å². The van der Waals surface area contributed by atoms with Crippen molar-refractivity contribution in [1.29, 1.82) is 0 Å². The van der Waals surface area contributed by atoms with E-state index in [2.05, 4.69) is 5.32 Å². The maximum atomic E-state index is 11.7. The molecule has 108 valence electrons. The minimum Gasteiger partial charge on any atom is -0.481 e. The maximum Gasteiger partial charge on any atom is 0.311 e. The quantitative estimate of drug-likeness (QED) is 0.758. The van der Waals surface area contributed by atoms with Crippen LogP contribution in [0.3, 0.4) is 0 Å². The Bertz CT molecular complexity index is 494. The minimum atomic E-state index is -0.799. The lowest BCUT2D eigenvalue weighted by Gasteiger charge is -2.10. The second-order valence-corrected chi connectivity index (χ2v) is 6.44. The summed E-state index contributed by atoms with van der Waals surface area (Å²) in [5, 5.41) is 11.7. The summed E-state index contributed by atoms with van der Waals surface area (Å²) in [4.78, 5) is 23.8. The monoisotopic (exact) mass is 293 g/mol. The Hall–Kier alpha value is -1.49. The van der Waals surface area contributed by atoms with Crippen molar-refractivity contribution in [3.05, 3.63) is 29.8 Å². The molecule has 1 fully saturated rings. The van der Waals surface area contributed by atoms with Crippen molar-refractivity contribution in [2.24, 2.45) is 5.41 Å². The van der Waals surface area contributed by atoms with Gasteiger partial charge in [0.05, 0.1) is 5.41 Å². The summed E-state index contributed by atoms with van der Waals surface area (Å²) >= 11 is 1.64. The molecule has 2 N–H and O–H groups in total. The zero-order valence-electron chi connectivity index (χ0n) is 11.5. The van der Waals surface area contributed by atoms with Crippen molar-refractivity contribution < 1.29 is 14.7 Å². The van der Waals surface area contributed by atoms with Crippen LogP contribution in [0.15, 0.2) is 29.2 Å². The largest absolute Gasteiger partial charge is 0.481 e. The van der Waals surface area contributed by atoms with Crippen LogP contribution >= 0.6 is 11.8 Å². The Labute approximate surface area is 123 Å². The molecule has 1 aromatic carbocycles. The number of carbonyl (C=O) groups is 2. The van der Waals surface area contributed by atoms with Crippen LogP contribution in [0.4, 0.5) is 0 Å². The molecule has 2 rings (SSSR count). The second kappa shape index (κ2) is 6.31. The van der Waals surface area contributed by atoms with E-state index in [4.69, 9.17) is 5.11 Å². The normalized spacial score (nSPS) is 15.7. The van der Waals surface area contributed by atoms with Crippen molar-refractivity contribution in [2.75, 3.05) is 12.3 Å². The molecule has 1 saturated carbocycles. The van der Waals surface area contributed by atoms with Gasteiger partial charge in [-0.1, -0.05) is 17.7 Å². The zero-order valence-corrected chi connectivity index (χ0v) is 12.3. The highest BCUT2D eigenvalue weighted by Crippen LogP contribution is 2.45. The summed E-state index contributed by atoms with van der Waals surface area (Å²) in [5.41, 5.74) is 0.537. The molecule has 0 saturated heterocycles. The van der Waals surface area contributed by atoms with E-state index in [1.807, 2.05) is 31.2 Å². The lowest BCUT2D eigenvalue weighted by Crippen LogP contribution is -2.34. The van der Waals surface area contributed by atoms with Crippen LogP contribution in [0.25, 0.3) is 0 Å². The third-order valence-electron chi connectivity index (χ3n) is 3.55. The molecular formula is C15H19NO3S. The Balaban J connectivity index is 1.65. The fraction of sp³-hybridized carbons (Fsp3) is 0.467. The van der Waals surface area contributed by atoms with Gasteiger partial charge >= 0.3 is 5.97 Å².